The van der Waals surface area contributed by atoms with Gasteiger partial charge in [-0.2, -0.15) is 13.2 Å². The van der Waals surface area contributed by atoms with Gasteiger partial charge in [0.2, 0.25) is 0 Å². The van der Waals surface area contributed by atoms with Gasteiger partial charge in [0.15, 0.2) is 5.76 Å². The SMILES string of the molecule is Cc1oc(C2=NOC(c3cc(Cl)c(Cl)c(Cl)c3)(C(F)(F)F)C2)cc1CNC(=O)OC(C)(C)C. The van der Waals surface area contributed by atoms with E-state index in [1.807, 2.05) is 0 Å². The zero-order chi connectivity index (χ0) is 24.8. The third-order valence-corrected chi connectivity index (χ3v) is 5.96. The van der Waals surface area contributed by atoms with E-state index in [4.69, 9.17) is 48.8 Å². The normalized spacial score (nSPS) is 18.7. The van der Waals surface area contributed by atoms with Gasteiger partial charge >= 0.3 is 12.3 Å². The third-order valence-electron chi connectivity index (χ3n) is 4.76. The van der Waals surface area contributed by atoms with Crippen LogP contribution in [0.1, 0.15) is 49.8 Å². The summed E-state index contributed by atoms with van der Waals surface area (Å²) in [6, 6.07) is 3.58. The molecule has 0 spiro atoms. The van der Waals surface area contributed by atoms with Crippen molar-refractivity contribution in [3.05, 3.63) is 55.9 Å². The highest BCUT2D eigenvalue weighted by atomic mass is 35.5. The molecule has 0 bridgehead atoms. The maximum absolute atomic E-state index is 14.2. The topological polar surface area (TPSA) is 73.1 Å². The lowest BCUT2D eigenvalue weighted by atomic mass is 9.87. The Hall–Kier alpha value is -2.10. The molecule has 0 aliphatic carbocycles. The zero-order valence-corrected chi connectivity index (χ0v) is 20.3. The Morgan fingerprint density at radius 3 is 2.33 bits per heavy atom. The van der Waals surface area contributed by atoms with E-state index in [0.29, 0.717) is 11.3 Å². The minimum absolute atomic E-state index is 0.0468. The van der Waals surface area contributed by atoms with Gasteiger partial charge in [0.25, 0.3) is 5.60 Å². The molecule has 1 aromatic carbocycles. The molecule has 0 radical (unpaired) electrons. The van der Waals surface area contributed by atoms with E-state index in [-0.39, 0.29) is 38.6 Å². The predicted octanol–water partition coefficient (Wildman–Crippen LogP) is 7.16. The second kappa shape index (κ2) is 8.92. The molecule has 1 N–H and O–H groups in total. The van der Waals surface area contributed by atoms with Crippen molar-refractivity contribution in [3.63, 3.8) is 0 Å². The highest BCUT2D eigenvalue weighted by molar-refractivity contribution is 6.48. The third kappa shape index (κ3) is 5.36. The smallest absolute Gasteiger partial charge is 0.435 e. The number of halogens is 6. The van der Waals surface area contributed by atoms with Crippen LogP contribution in [0.25, 0.3) is 0 Å². The molecule has 1 amide bonds. The molecule has 1 aliphatic rings. The quantitative estimate of drug-likeness (QED) is 0.428. The van der Waals surface area contributed by atoms with Crippen LogP contribution in [0, 0.1) is 6.92 Å². The molecule has 1 aromatic heterocycles. The van der Waals surface area contributed by atoms with Gasteiger partial charge in [-0.1, -0.05) is 40.0 Å². The molecular weight excluding hydrogens is 508 g/mol. The Labute approximate surface area is 202 Å². The number of ether oxygens (including phenoxy) is 1. The molecule has 33 heavy (non-hydrogen) atoms. The second-order valence-corrected chi connectivity index (χ2v) is 9.62. The molecule has 6 nitrogen and oxygen atoms in total. The number of nitrogens with zero attached hydrogens (tertiary/aromatic N) is 1. The van der Waals surface area contributed by atoms with E-state index in [1.165, 1.54) is 6.07 Å². The van der Waals surface area contributed by atoms with Crippen molar-refractivity contribution < 1.29 is 32.0 Å². The van der Waals surface area contributed by atoms with Gasteiger partial charge < -0.3 is 19.3 Å². The first-order chi connectivity index (χ1) is 15.1. The summed E-state index contributed by atoms with van der Waals surface area (Å²) in [6.45, 7) is 6.83. The van der Waals surface area contributed by atoms with Crippen LogP contribution >= 0.6 is 34.8 Å². The van der Waals surface area contributed by atoms with Crippen molar-refractivity contribution in [1.29, 1.82) is 0 Å². The van der Waals surface area contributed by atoms with E-state index in [1.54, 1.807) is 27.7 Å². The van der Waals surface area contributed by atoms with Gasteiger partial charge in [-0.3, -0.25) is 0 Å². The standard InChI is InChI=1S/C21H20Cl3F3N2O4/c1-10-11(9-28-18(30)32-19(2,3)4)5-16(31-10)15-8-20(33-29-15,21(25,26)27)12-6-13(22)17(24)14(23)7-12/h5-7H,8-9H2,1-4H3,(H,28,30). The van der Waals surface area contributed by atoms with Crippen LogP contribution in [0.4, 0.5) is 18.0 Å². The van der Waals surface area contributed by atoms with Gasteiger partial charge in [-0.25, -0.2) is 4.79 Å². The van der Waals surface area contributed by atoms with E-state index < -0.39 is 29.9 Å². The molecular formula is C21H20Cl3F3N2O4. The van der Waals surface area contributed by atoms with E-state index in [2.05, 4.69) is 10.5 Å². The van der Waals surface area contributed by atoms with Gasteiger partial charge in [0.1, 0.15) is 17.1 Å². The van der Waals surface area contributed by atoms with Crippen molar-refractivity contribution in [2.24, 2.45) is 5.16 Å². The minimum Gasteiger partial charge on any atom is -0.460 e. The number of rotatable bonds is 4. The molecule has 12 heteroatoms. The molecule has 0 saturated carbocycles. The lowest BCUT2D eigenvalue weighted by Crippen LogP contribution is -2.42. The minimum atomic E-state index is -4.86. The molecule has 2 aromatic rings. The monoisotopic (exact) mass is 526 g/mol. The molecule has 180 valence electrons. The van der Waals surface area contributed by atoms with Crippen LogP contribution in [0.5, 0.6) is 0 Å². The lowest BCUT2D eigenvalue weighted by Gasteiger charge is -2.29. The summed E-state index contributed by atoms with van der Waals surface area (Å²) in [6.07, 6.45) is -6.18. The lowest BCUT2D eigenvalue weighted by molar-refractivity contribution is -0.275. The number of furan rings is 1. The molecule has 0 fully saturated rings. The largest absolute Gasteiger partial charge is 0.460 e. The van der Waals surface area contributed by atoms with Gasteiger partial charge in [-0.15, -0.1) is 0 Å². The van der Waals surface area contributed by atoms with Crippen molar-refractivity contribution in [2.75, 3.05) is 0 Å². The number of carbonyl (C=O) groups excluding carboxylic acids is 1. The molecule has 1 unspecified atom stereocenters. The summed E-state index contributed by atoms with van der Waals surface area (Å²) in [5, 5.41) is 5.86. The Morgan fingerprint density at radius 1 is 1.18 bits per heavy atom. The number of carbonyl (C=O) groups is 1. The van der Waals surface area contributed by atoms with Crippen LogP contribution in [0.3, 0.4) is 0 Å². The maximum Gasteiger partial charge on any atom is 0.435 e. The number of oxime groups is 1. The Kier molecular flexibility index (Phi) is 6.90. The number of alkyl halides is 3. The van der Waals surface area contributed by atoms with Crippen molar-refractivity contribution >= 4 is 46.6 Å². The number of hydrogen-bond acceptors (Lipinski definition) is 5. The molecule has 0 saturated heterocycles. The summed E-state index contributed by atoms with van der Waals surface area (Å²) >= 11 is 17.8. The Bertz CT molecular complexity index is 1090. The highest BCUT2D eigenvalue weighted by Gasteiger charge is 2.62. The Balaban J connectivity index is 1.84. The fourth-order valence-electron chi connectivity index (χ4n) is 3.14. The summed E-state index contributed by atoms with van der Waals surface area (Å²) < 4.78 is 53.3. The van der Waals surface area contributed by atoms with E-state index in [9.17, 15) is 18.0 Å². The van der Waals surface area contributed by atoms with Crippen LogP contribution < -0.4 is 5.32 Å². The number of nitrogens with one attached hydrogen (secondary N) is 1. The molecule has 1 aliphatic heterocycles. The first kappa shape index (κ1) is 25.5. The van der Waals surface area contributed by atoms with Gasteiger partial charge in [0, 0.05) is 17.7 Å². The predicted molar refractivity (Wildman–Crippen MR) is 118 cm³/mol. The summed E-state index contributed by atoms with van der Waals surface area (Å²) in [4.78, 5) is 16.8. The van der Waals surface area contributed by atoms with E-state index >= 15 is 0 Å². The van der Waals surface area contributed by atoms with Crippen molar-refractivity contribution in [3.8, 4) is 0 Å². The van der Waals surface area contributed by atoms with Crippen molar-refractivity contribution in [2.45, 2.75) is 58.0 Å². The average molecular weight is 528 g/mol. The summed E-state index contributed by atoms with van der Waals surface area (Å²) in [7, 11) is 0. The van der Waals surface area contributed by atoms with Crippen LogP contribution in [0.15, 0.2) is 27.8 Å². The number of benzene rings is 1. The second-order valence-electron chi connectivity index (χ2n) is 8.43. The van der Waals surface area contributed by atoms with Crippen LogP contribution in [-0.4, -0.2) is 23.6 Å². The molecule has 1 atom stereocenters. The Morgan fingerprint density at radius 2 is 1.79 bits per heavy atom. The number of aryl methyl sites for hydroxylation is 1. The maximum atomic E-state index is 14.2. The van der Waals surface area contributed by atoms with Crippen LogP contribution in [-0.2, 0) is 21.7 Å². The fraction of sp³-hybridized carbons (Fsp3) is 0.429. The summed E-state index contributed by atoms with van der Waals surface area (Å²) in [5.74, 6) is 0.469. The zero-order valence-electron chi connectivity index (χ0n) is 18.0. The fourth-order valence-corrected chi connectivity index (χ4v) is 3.74. The first-order valence-corrected chi connectivity index (χ1v) is 10.8. The number of amides is 1. The summed E-state index contributed by atoms with van der Waals surface area (Å²) in [5.41, 5.74) is -3.37. The van der Waals surface area contributed by atoms with E-state index in [0.717, 1.165) is 12.1 Å². The first-order valence-electron chi connectivity index (χ1n) is 9.66. The number of hydrogen-bond donors (Lipinski definition) is 1. The van der Waals surface area contributed by atoms with Crippen molar-refractivity contribution in [1.82, 2.24) is 5.32 Å². The average Bonchev–Trinajstić information content (AvgIpc) is 3.27. The molecule has 3 rings (SSSR count). The van der Waals surface area contributed by atoms with Gasteiger partial charge in [0.05, 0.1) is 21.5 Å². The molecule has 2 heterocycles. The van der Waals surface area contributed by atoms with Gasteiger partial charge in [-0.05, 0) is 45.9 Å². The number of alkyl carbamates (subject to hydrolysis) is 1. The van der Waals surface area contributed by atoms with Crippen LogP contribution in [0.2, 0.25) is 15.1 Å². The highest BCUT2D eigenvalue weighted by Crippen LogP contribution is 2.50.